The third-order valence-electron chi connectivity index (χ3n) is 3.25. The summed E-state index contributed by atoms with van der Waals surface area (Å²) in [5, 5.41) is 15.1. The quantitative estimate of drug-likeness (QED) is 0.683. The van der Waals surface area contributed by atoms with Crippen LogP contribution in [-0.2, 0) is 16.6 Å². The normalized spacial score (nSPS) is 17.9. The Hall–Kier alpha value is -0.920. The number of hydrogen-bond donors (Lipinski definition) is 3. The summed E-state index contributed by atoms with van der Waals surface area (Å²) in [4.78, 5) is 0. The lowest BCUT2D eigenvalue weighted by molar-refractivity contribution is 0.278. The van der Waals surface area contributed by atoms with E-state index in [4.69, 9.17) is 5.11 Å². The number of rotatable bonds is 7. The summed E-state index contributed by atoms with van der Waals surface area (Å²) < 4.78 is 27.0. The molecule has 1 unspecified atom stereocenters. The number of aliphatic hydroxyl groups is 1. The fourth-order valence-corrected chi connectivity index (χ4v) is 3.43. The van der Waals surface area contributed by atoms with Gasteiger partial charge in [-0.25, -0.2) is 13.1 Å². The highest BCUT2D eigenvalue weighted by Crippen LogP contribution is 2.34. The molecule has 0 amide bonds. The average Bonchev–Trinajstić information content (AvgIpc) is 3.01. The van der Waals surface area contributed by atoms with Gasteiger partial charge in [-0.1, -0.05) is 19.8 Å². The van der Waals surface area contributed by atoms with Gasteiger partial charge < -0.3 is 5.11 Å². The van der Waals surface area contributed by atoms with E-state index in [1.807, 2.05) is 6.92 Å². The van der Waals surface area contributed by atoms with E-state index >= 15 is 0 Å². The van der Waals surface area contributed by atoms with Crippen LogP contribution in [0.1, 0.15) is 38.2 Å². The van der Waals surface area contributed by atoms with Gasteiger partial charge in [-0.15, -0.1) is 0 Å². The first-order valence-corrected chi connectivity index (χ1v) is 7.70. The Kier molecular flexibility index (Phi) is 4.04. The van der Waals surface area contributed by atoms with Crippen molar-refractivity contribution in [2.24, 2.45) is 5.92 Å². The van der Waals surface area contributed by atoms with E-state index in [0.29, 0.717) is 11.5 Å². The smallest absolute Gasteiger partial charge is 0.258 e. The fraction of sp³-hybridized carbons (Fsp3) is 0.727. The highest BCUT2D eigenvalue weighted by Gasteiger charge is 2.29. The second-order valence-electron chi connectivity index (χ2n) is 4.79. The number of H-pyrrole nitrogens is 1. The average molecular weight is 273 g/mol. The SMILES string of the molecule is CCC(CC1CC1)NS(=O)(=O)c1[nH]ncc1CO. The Bertz CT molecular complexity index is 493. The minimum absolute atomic E-state index is 0.0285. The molecule has 0 bridgehead atoms. The summed E-state index contributed by atoms with van der Waals surface area (Å²) in [7, 11) is -3.62. The first kappa shape index (κ1) is 13.5. The third kappa shape index (κ3) is 3.09. The Morgan fingerprint density at radius 1 is 1.61 bits per heavy atom. The van der Waals surface area contributed by atoms with Crippen LogP contribution < -0.4 is 4.72 Å². The molecule has 0 aliphatic heterocycles. The lowest BCUT2D eigenvalue weighted by Gasteiger charge is -2.16. The van der Waals surface area contributed by atoms with Crippen LogP contribution in [-0.4, -0.2) is 29.8 Å². The molecule has 7 heteroatoms. The van der Waals surface area contributed by atoms with Crippen LogP contribution in [0.15, 0.2) is 11.2 Å². The Morgan fingerprint density at radius 2 is 2.33 bits per heavy atom. The first-order valence-electron chi connectivity index (χ1n) is 6.22. The predicted octanol–water partition coefficient (Wildman–Crippen LogP) is 0.759. The molecule has 2 rings (SSSR count). The second-order valence-corrected chi connectivity index (χ2v) is 6.44. The van der Waals surface area contributed by atoms with Crippen LogP contribution in [0.4, 0.5) is 0 Å². The number of hydrogen-bond acceptors (Lipinski definition) is 4. The number of aromatic amines is 1. The zero-order valence-corrected chi connectivity index (χ0v) is 11.2. The monoisotopic (exact) mass is 273 g/mol. The van der Waals surface area contributed by atoms with Crippen LogP contribution in [0.5, 0.6) is 0 Å². The van der Waals surface area contributed by atoms with Gasteiger partial charge in [0.15, 0.2) is 5.03 Å². The van der Waals surface area contributed by atoms with Crippen molar-refractivity contribution in [1.29, 1.82) is 0 Å². The molecule has 1 saturated carbocycles. The molecule has 1 fully saturated rings. The van der Waals surface area contributed by atoms with Crippen molar-refractivity contribution in [3.63, 3.8) is 0 Å². The van der Waals surface area contributed by atoms with Gasteiger partial charge in [0.25, 0.3) is 10.0 Å². The van der Waals surface area contributed by atoms with Crippen molar-refractivity contribution in [3.8, 4) is 0 Å². The molecule has 102 valence electrons. The van der Waals surface area contributed by atoms with Crippen LogP contribution in [0.25, 0.3) is 0 Å². The van der Waals surface area contributed by atoms with Crippen molar-refractivity contribution in [2.75, 3.05) is 0 Å². The van der Waals surface area contributed by atoms with E-state index in [1.165, 1.54) is 19.0 Å². The molecule has 3 N–H and O–H groups in total. The molecular formula is C11H19N3O3S. The Morgan fingerprint density at radius 3 is 2.89 bits per heavy atom. The summed E-state index contributed by atoms with van der Waals surface area (Å²) in [6.07, 6.45) is 5.38. The molecule has 1 aliphatic rings. The van der Waals surface area contributed by atoms with Gasteiger partial charge in [-0.2, -0.15) is 5.10 Å². The second kappa shape index (κ2) is 5.38. The van der Waals surface area contributed by atoms with Crippen LogP contribution in [0.2, 0.25) is 0 Å². The third-order valence-corrected chi connectivity index (χ3v) is 4.78. The molecule has 1 aromatic heterocycles. The highest BCUT2D eigenvalue weighted by molar-refractivity contribution is 7.89. The zero-order chi connectivity index (χ0) is 13.2. The fourth-order valence-electron chi connectivity index (χ4n) is 1.98. The minimum atomic E-state index is -3.62. The van der Waals surface area contributed by atoms with Gasteiger partial charge in [0.05, 0.1) is 12.8 Å². The van der Waals surface area contributed by atoms with E-state index in [9.17, 15) is 8.42 Å². The summed E-state index contributed by atoms with van der Waals surface area (Å²) >= 11 is 0. The Labute approximate surface area is 107 Å². The largest absolute Gasteiger partial charge is 0.392 e. The summed E-state index contributed by atoms with van der Waals surface area (Å²) in [5.74, 6) is 0.664. The van der Waals surface area contributed by atoms with E-state index in [0.717, 1.165) is 12.8 Å². The summed E-state index contributed by atoms with van der Waals surface area (Å²) in [6.45, 7) is 1.63. The first-order chi connectivity index (χ1) is 8.56. The van der Waals surface area contributed by atoms with Crippen molar-refractivity contribution in [2.45, 2.75) is 50.3 Å². The number of sulfonamides is 1. The Balaban J connectivity index is 2.09. The molecule has 1 atom stereocenters. The van der Waals surface area contributed by atoms with Gasteiger partial charge in [0.1, 0.15) is 0 Å². The molecule has 1 aromatic rings. The molecule has 1 aliphatic carbocycles. The maximum Gasteiger partial charge on any atom is 0.258 e. The number of nitrogens with zero attached hydrogens (tertiary/aromatic N) is 1. The van der Waals surface area contributed by atoms with E-state index < -0.39 is 10.0 Å². The van der Waals surface area contributed by atoms with E-state index in [-0.39, 0.29) is 17.7 Å². The van der Waals surface area contributed by atoms with Crippen molar-refractivity contribution < 1.29 is 13.5 Å². The maximum atomic E-state index is 12.2. The molecule has 0 saturated heterocycles. The summed E-state index contributed by atoms with van der Waals surface area (Å²) in [6, 6.07) is -0.0441. The highest BCUT2D eigenvalue weighted by atomic mass is 32.2. The molecule has 1 heterocycles. The number of nitrogens with one attached hydrogen (secondary N) is 2. The van der Waals surface area contributed by atoms with Gasteiger partial charge in [0, 0.05) is 11.6 Å². The lowest BCUT2D eigenvalue weighted by Crippen LogP contribution is -2.35. The van der Waals surface area contributed by atoms with Crippen LogP contribution >= 0.6 is 0 Å². The van der Waals surface area contributed by atoms with E-state index in [2.05, 4.69) is 14.9 Å². The number of aliphatic hydroxyl groups excluding tert-OH is 1. The molecule has 0 spiro atoms. The molecule has 0 radical (unpaired) electrons. The van der Waals surface area contributed by atoms with Crippen LogP contribution in [0, 0.1) is 5.92 Å². The maximum absolute atomic E-state index is 12.2. The van der Waals surface area contributed by atoms with Gasteiger partial charge in [-0.3, -0.25) is 5.10 Å². The van der Waals surface area contributed by atoms with Gasteiger partial charge in [0.2, 0.25) is 0 Å². The molecule has 6 nitrogen and oxygen atoms in total. The van der Waals surface area contributed by atoms with E-state index in [1.54, 1.807) is 0 Å². The zero-order valence-electron chi connectivity index (χ0n) is 10.4. The van der Waals surface area contributed by atoms with Gasteiger partial charge >= 0.3 is 0 Å². The predicted molar refractivity (Wildman–Crippen MR) is 66.3 cm³/mol. The minimum Gasteiger partial charge on any atom is -0.392 e. The lowest BCUT2D eigenvalue weighted by atomic mass is 10.1. The van der Waals surface area contributed by atoms with Crippen molar-refractivity contribution in [1.82, 2.24) is 14.9 Å². The van der Waals surface area contributed by atoms with Gasteiger partial charge in [-0.05, 0) is 18.8 Å². The standard InChI is InChI=1S/C11H19N3O3S/c1-2-10(5-8-3-4-8)14-18(16,17)11-9(7-15)6-12-13-11/h6,8,10,14-15H,2-5,7H2,1H3,(H,12,13). The van der Waals surface area contributed by atoms with Crippen molar-refractivity contribution in [3.05, 3.63) is 11.8 Å². The van der Waals surface area contributed by atoms with Crippen molar-refractivity contribution >= 4 is 10.0 Å². The number of aromatic nitrogens is 2. The van der Waals surface area contributed by atoms with Crippen LogP contribution in [0.3, 0.4) is 0 Å². The topological polar surface area (TPSA) is 95.1 Å². The molecule has 0 aromatic carbocycles. The molecular weight excluding hydrogens is 254 g/mol. The summed E-state index contributed by atoms with van der Waals surface area (Å²) in [5.41, 5.74) is 0.295. The molecule has 18 heavy (non-hydrogen) atoms.